The minimum atomic E-state index is -0.525. The second-order valence-corrected chi connectivity index (χ2v) is 5.95. The first-order chi connectivity index (χ1) is 8.92. The highest BCUT2D eigenvalue weighted by Crippen LogP contribution is 2.45. The highest BCUT2D eigenvalue weighted by atomic mass is 16.5. The molecule has 0 bridgehead atoms. The Morgan fingerprint density at radius 2 is 2.00 bits per heavy atom. The second kappa shape index (κ2) is 4.78. The SMILES string of the molecule is COC1(c2ncc(C#N)c(=O)[nH]2)CCC(C)(C)CC1. The Labute approximate surface area is 112 Å². The molecule has 5 nitrogen and oxygen atoms in total. The summed E-state index contributed by atoms with van der Waals surface area (Å²) in [6, 6.07) is 1.82. The lowest BCUT2D eigenvalue weighted by Crippen LogP contribution is -2.39. The molecule has 2 rings (SSSR count). The van der Waals surface area contributed by atoms with Crippen molar-refractivity contribution in [3.05, 3.63) is 27.9 Å². The van der Waals surface area contributed by atoms with E-state index in [1.54, 1.807) is 7.11 Å². The number of aromatic amines is 1. The Morgan fingerprint density at radius 3 is 2.47 bits per heavy atom. The predicted octanol–water partition coefficient (Wildman–Crippen LogP) is 2.08. The van der Waals surface area contributed by atoms with Gasteiger partial charge in [-0.1, -0.05) is 13.8 Å². The van der Waals surface area contributed by atoms with Crippen molar-refractivity contribution in [2.75, 3.05) is 7.11 Å². The smallest absolute Gasteiger partial charge is 0.268 e. The summed E-state index contributed by atoms with van der Waals surface area (Å²) >= 11 is 0. The highest BCUT2D eigenvalue weighted by Gasteiger charge is 2.41. The zero-order valence-electron chi connectivity index (χ0n) is 11.6. The predicted molar refractivity (Wildman–Crippen MR) is 70.5 cm³/mol. The number of nitrogens with one attached hydrogen (secondary N) is 1. The van der Waals surface area contributed by atoms with Crippen LogP contribution in [0.25, 0.3) is 0 Å². The minimum absolute atomic E-state index is 0.0335. The van der Waals surface area contributed by atoms with Crippen molar-refractivity contribution in [2.24, 2.45) is 5.41 Å². The molecule has 0 saturated heterocycles. The molecule has 1 heterocycles. The van der Waals surface area contributed by atoms with E-state index in [0.29, 0.717) is 11.2 Å². The lowest BCUT2D eigenvalue weighted by atomic mass is 9.70. The van der Waals surface area contributed by atoms with Crippen LogP contribution in [0.4, 0.5) is 0 Å². The molecule has 0 aromatic carbocycles. The fourth-order valence-electron chi connectivity index (χ4n) is 2.57. The van der Waals surface area contributed by atoms with Gasteiger partial charge in [0.05, 0.1) is 6.20 Å². The maximum Gasteiger partial charge on any atom is 0.268 e. The lowest BCUT2D eigenvalue weighted by molar-refractivity contribution is -0.0731. The highest BCUT2D eigenvalue weighted by molar-refractivity contribution is 5.23. The fourth-order valence-corrected chi connectivity index (χ4v) is 2.57. The van der Waals surface area contributed by atoms with Crippen molar-refractivity contribution in [3.8, 4) is 6.07 Å². The molecule has 102 valence electrons. The number of rotatable bonds is 2. The summed E-state index contributed by atoms with van der Waals surface area (Å²) in [6.45, 7) is 4.48. The maximum atomic E-state index is 11.7. The van der Waals surface area contributed by atoms with Gasteiger partial charge in [-0.15, -0.1) is 0 Å². The molecule has 19 heavy (non-hydrogen) atoms. The molecule has 1 aliphatic rings. The molecular weight excluding hydrogens is 242 g/mol. The van der Waals surface area contributed by atoms with Crippen molar-refractivity contribution in [1.29, 1.82) is 5.26 Å². The molecule has 1 fully saturated rings. The zero-order valence-corrected chi connectivity index (χ0v) is 11.6. The molecule has 0 radical (unpaired) electrons. The Morgan fingerprint density at radius 1 is 1.37 bits per heavy atom. The molecule has 0 atom stereocenters. The summed E-state index contributed by atoms with van der Waals surface area (Å²) in [4.78, 5) is 18.6. The van der Waals surface area contributed by atoms with E-state index in [0.717, 1.165) is 25.7 Å². The molecule has 1 aliphatic carbocycles. The van der Waals surface area contributed by atoms with Crippen molar-refractivity contribution < 1.29 is 4.74 Å². The number of nitriles is 1. The monoisotopic (exact) mass is 261 g/mol. The van der Waals surface area contributed by atoms with Crippen LogP contribution in [0.3, 0.4) is 0 Å². The van der Waals surface area contributed by atoms with Crippen molar-refractivity contribution in [2.45, 2.75) is 45.1 Å². The third kappa shape index (κ3) is 2.54. The molecule has 0 spiro atoms. The third-order valence-electron chi connectivity index (χ3n) is 4.15. The molecule has 1 N–H and O–H groups in total. The van der Waals surface area contributed by atoms with Crippen LogP contribution >= 0.6 is 0 Å². The summed E-state index contributed by atoms with van der Waals surface area (Å²) < 4.78 is 5.67. The summed E-state index contributed by atoms with van der Waals surface area (Å²) in [5, 5.41) is 8.77. The van der Waals surface area contributed by atoms with Gasteiger partial charge in [0.1, 0.15) is 23.1 Å². The fraction of sp³-hybridized carbons (Fsp3) is 0.643. The summed E-state index contributed by atoms with van der Waals surface area (Å²) in [5.74, 6) is 0.537. The first kappa shape index (κ1) is 13.8. The van der Waals surface area contributed by atoms with E-state index < -0.39 is 11.2 Å². The van der Waals surface area contributed by atoms with Crippen LogP contribution < -0.4 is 5.56 Å². The van der Waals surface area contributed by atoms with Crippen LogP contribution in [-0.4, -0.2) is 17.1 Å². The van der Waals surface area contributed by atoms with Crippen LogP contribution in [0, 0.1) is 16.7 Å². The van der Waals surface area contributed by atoms with E-state index in [9.17, 15) is 4.79 Å². The van der Waals surface area contributed by atoms with Gasteiger partial charge < -0.3 is 9.72 Å². The van der Waals surface area contributed by atoms with Gasteiger partial charge in [0.25, 0.3) is 5.56 Å². The first-order valence-electron chi connectivity index (χ1n) is 6.47. The number of aromatic nitrogens is 2. The molecular formula is C14H19N3O2. The van der Waals surface area contributed by atoms with Gasteiger partial charge in [-0.05, 0) is 31.1 Å². The van der Waals surface area contributed by atoms with E-state index in [2.05, 4.69) is 23.8 Å². The van der Waals surface area contributed by atoms with Crippen molar-refractivity contribution in [1.82, 2.24) is 9.97 Å². The molecule has 1 aromatic rings. The van der Waals surface area contributed by atoms with Crippen LogP contribution in [0.1, 0.15) is 50.9 Å². The standard InChI is InChI=1S/C14H19N3O2/c1-13(2)4-6-14(19-3,7-5-13)12-16-9-10(8-15)11(18)17-12/h9H,4-7H2,1-3H3,(H,16,17,18). The third-order valence-corrected chi connectivity index (χ3v) is 4.15. The van der Waals surface area contributed by atoms with Gasteiger partial charge >= 0.3 is 0 Å². The Balaban J connectivity index is 2.36. The number of hydrogen-bond acceptors (Lipinski definition) is 4. The number of methoxy groups -OCH3 is 1. The van der Waals surface area contributed by atoms with Gasteiger partial charge in [-0.2, -0.15) is 5.26 Å². The minimum Gasteiger partial charge on any atom is -0.370 e. The summed E-state index contributed by atoms with van der Waals surface area (Å²) in [5.41, 5.74) is -0.586. The van der Waals surface area contributed by atoms with Gasteiger partial charge in [0, 0.05) is 7.11 Å². The average molecular weight is 261 g/mol. The Kier molecular flexibility index (Phi) is 3.46. The summed E-state index contributed by atoms with van der Waals surface area (Å²) in [6.07, 6.45) is 5.01. The molecule has 0 aliphatic heterocycles. The van der Waals surface area contributed by atoms with Gasteiger partial charge in [0.15, 0.2) is 0 Å². The largest absolute Gasteiger partial charge is 0.370 e. The molecule has 0 amide bonds. The van der Waals surface area contributed by atoms with Crippen LogP contribution in [0.2, 0.25) is 0 Å². The van der Waals surface area contributed by atoms with E-state index >= 15 is 0 Å². The number of H-pyrrole nitrogens is 1. The van der Waals surface area contributed by atoms with E-state index in [1.165, 1.54) is 6.20 Å². The van der Waals surface area contributed by atoms with Gasteiger partial charge in [0.2, 0.25) is 0 Å². The maximum absolute atomic E-state index is 11.7. The van der Waals surface area contributed by atoms with E-state index in [-0.39, 0.29) is 5.56 Å². The summed E-state index contributed by atoms with van der Waals surface area (Å²) in [7, 11) is 1.65. The van der Waals surface area contributed by atoms with Gasteiger partial charge in [-0.3, -0.25) is 4.79 Å². The van der Waals surface area contributed by atoms with E-state index in [1.807, 2.05) is 6.07 Å². The topological polar surface area (TPSA) is 78.8 Å². The number of hydrogen-bond donors (Lipinski definition) is 1. The zero-order chi connectivity index (χ0) is 14.1. The number of ether oxygens (including phenoxy) is 1. The quantitative estimate of drug-likeness (QED) is 0.884. The Hall–Kier alpha value is -1.67. The number of nitrogens with zero attached hydrogens (tertiary/aromatic N) is 2. The van der Waals surface area contributed by atoms with Crippen LogP contribution in [0.5, 0.6) is 0 Å². The van der Waals surface area contributed by atoms with Crippen molar-refractivity contribution in [3.63, 3.8) is 0 Å². The first-order valence-corrected chi connectivity index (χ1v) is 6.47. The molecule has 0 unspecified atom stereocenters. The van der Waals surface area contributed by atoms with Crippen molar-refractivity contribution >= 4 is 0 Å². The second-order valence-electron chi connectivity index (χ2n) is 5.95. The molecule has 1 aromatic heterocycles. The Bertz CT molecular complexity index is 559. The lowest BCUT2D eigenvalue weighted by Gasteiger charge is -2.41. The average Bonchev–Trinajstić information content (AvgIpc) is 2.39. The molecule has 5 heteroatoms. The molecule has 1 saturated carbocycles. The van der Waals surface area contributed by atoms with Crippen LogP contribution in [0.15, 0.2) is 11.0 Å². The van der Waals surface area contributed by atoms with Crippen LogP contribution in [-0.2, 0) is 10.3 Å². The normalized spacial score (nSPS) is 20.7. The van der Waals surface area contributed by atoms with E-state index in [4.69, 9.17) is 10.00 Å². The van der Waals surface area contributed by atoms with Gasteiger partial charge in [-0.25, -0.2) is 4.98 Å².